The third-order valence-electron chi connectivity index (χ3n) is 3.93. The molecule has 0 aliphatic rings. The van der Waals surface area contributed by atoms with Crippen LogP contribution in [0.5, 0.6) is 5.75 Å². The highest BCUT2D eigenvalue weighted by Crippen LogP contribution is 2.35. The van der Waals surface area contributed by atoms with E-state index in [4.69, 9.17) is 8.83 Å². The molecule has 2 aromatic heterocycles. The Morgan fingerprint density at radius 1 is 1.07 bits per heavy atom. The Kier molecular flexibility index (Phi) is 4.76. The predicted molar refractivity (Wildman–Crippen MR) is 98.8 cm³/mol. The van der Waals surface area contributed by atoms with Gasteiger partial charge in [-0.05, 0) is 42.2 Å². The summed E-state index contributed by atoms with van der Waals surface area (Å²) >= 11 is 1.57. The molecule has 0 fully saturated rings. The number of halogens is 3. The number of aromatic nitrogens is 2. The summed E-state index contributed by atoms with van der Waals surface area (Å²) in [5.74, 6) is 1.20. The quantitative estimate of drug-likeness (QED) is 0.411. The summed E-state index contributed by atoms with van der Waals surface area (Å²) in [4.78, 5) is 0. The lowest BCUT2D eigenvalue weighted by molar-refractivity contribution is -0.274. The molecule has 2 heterocycles. The van der Waals surface area contributed by atoms with E-state index in [0.29, 0.717) is 45.2 Å². The second-order valence-corrected chi connectivity index (χ2v) is 6.74. The Hall–Kier alpha value is -2.94. The van der Waals surface area contributed by atoms with E-state index in [0.717, 1.165) is 0 Å². The predicted octanol–water partition coefficient (Wildman–Crippen LogP) is 5.91. The number of hydrogen-bond donors (Lipinski definition) is 0. The number of ether oxygens (including phenoxy) is 1. The summed E-state index contributed by atoms with van der Waals surface area (Å²) in [6, 6.07) is 11.1. The van der Waals surface area contributed by atoms with Crippen LogP contribution in [0.15, 0.2) is 57.6 Å². The molecule has 0 radical (unpaired) electrons. The van der Waals surface area contributed by atoms with Crippen LogP contribution in [0.2, 0.25) is 0 Å². The fourth-order valence-corrected chi connectivity index (χ4v) is 3.16. The number of rotatable bonds is 5. The zero-order valence-electron chi connectivity index (χ0n) is 14.5. The number of alkyl halides is 3. The first-order valence-electron chi connectivity index (χ1n) is 8.12. The molecule has 9 heteroatoms. The van der Waals surface area contributed by atoms with Crippen LogP contribution >= 0.6 is 11.8 Å². The van der Waals surface area contributed by atoms with Gasteiger partial charge in [0.1, 0.15) is 11.3 Å². The number of nitrogens with zero attached hydrogens (tertiary/aromatic N) is 2. The lowest BCUT2D eigenvalue weighted by Gasteiger charge is -2.09. The Bertz CT molecular complexity index is 1120. The van der Waals surface area contributed by atoms with Gasteiger partial charge in [0, 0.05) is 16.5 Å². The molecule has 28 heavy (non-hydrogen) atoms. The van der Waals surface area contributed by atoms with Crippen LogP contribution in [0.25, 0.3) is 33.6 Å². The van der Waals surface area contributed by atoms with E-state index in [1.165, 1.54) is 24.5 Å². The van der Waals surface area contributed by atoms with Crippen molar-refractivity contribution in [3.05, 3.63) is 54.6 Å². The summed E-state index contributed by atoms with van der Waals surface area (Å²) in [6.07, 6.45) is -1.32. The maximum absolute atomic E-state index is 12.5. The van der Waals surface area contributed by atoms with Crippen LogP contribution in [0.4, 0.5) is 13.2 Å². The number of furan rings is 1. The molecule has 0 amide bonds. The molecule has 144 valence electrons. The minimum atomic E-state index is -4.75. The monoisotopic (exact) mass is 406 g/mol. The molecule has 0 saturated heterocycles. The molecule has 0 unspecified atom stereocenters. The Morgan fingerprint density at radius 3 is 2.71 bits per heavy atom. The van der Waals surface area contributed by atoms with Crippen molar-refractivity contribution < 1.29 is 26.7 Å². The van der Waals surface area contributed by atoms with Crippen LogP contribution in [0.3, 0.4) is 0 Å². The van der Waals surface area contributed by atoms with Gasteiger partial charge in [-0.15, -0.1) is 23.4 Å². The average molecular weight is 406 g/mol. The van der Waals surface area contributed by atoms with E-state index in [2.05, 4.69) is 14.9 Å². The number of thioether (sulfide) groups is 1. The average Bonchev–Trinajstić information content (AvgIpc) is 3.27. The maximum atomic E-state index is 12.5. The number of hydrogen-bond acceptors (Lipinski definition) is 6. The van der Waals surface area contributed by atoms with Gasteiger partial charge in [-0.2, -0.15) is 11.8 Å². The van der Waals surface area contributed by atoms with E-state index in [1.54, 1.807) is 30.0 Å². The molecular formula is C19H13F3N2O3S. The van der Waals surface area contributed by atoms with Crippen molar-refractivity contribution in [3.8, 4) is 28.3 Å². The smallest absolute Gasteiger partial charge is 0.464 e. The van der Waals surface area contributed by atoms with Gasteiger partial charge in [0.15, 0.2) is 0 Å². The van der Waals surface area contributed by atoms with Crippen LogP contribution < -0.4 is 4.74 Å². The molecule has 0 atom stereocenters. The second kappa shape index (κ2) is 7.23. The molecule has 0 aliphatic heterocycles. The molecule has 5 nitrogen and oxygen atoms in total. The molecule has 4 aromatic rings. The van der Waals surface area contributed by atoms with Crippen molar-refractivity contribution in [2.75, 3.05) is 6.26 Å². The van der Waals surface area contributed by atoms with Crippen molar-refractivity contribution in [2.45, 2.75) is 12.1 Å². The molecule has 0 N–H and O–H groups in total. The second-order valence-electron chi connectivity index (χ2n) is 5.87. The lowest BCUT2D eigenvalue weighted by atomic mass is 10.0. The summed E-state index contributed by atoms with van der Waals surface area (Å²) in [7, 11) is 0. The fraction of sp³-hybridized carbons (Fsp3) is 0.158. The normalized spacial score (nSPS) is 11.9. The summed E-state index contributed by atoms with van der Waals surface area (Å²) in [5, 5.41) is 8.75. The number of benzene rings is 2. The Labute approximate surface area is 161 Å². The van der Waals surface area contributed by atoms with Crippen LogP contribution in [0.1, 0.15) is 5.89 Å². The summed E-state index contributed by atoms with van der Waals surface area (Å²) < 4.78 is 52.7. The third-order valence-corrected chi connectivity index (χ3v) is 4.47. The van der Waals surface area contributed by atoms with Gasteiger partial charge in [-0.3, -0.25) is 0 Å². The molecule has 0 saturated carbocycles. The van der Waals surface area contributed by atoms with Crippen LogP contribution in [0, 0.1) is 0 Å². The van der Waals surface area contributed by atoms with Crippen molar-refractivity contribution in [2.24, 2.45) is 0 Å². The SMILES string of the molecule is CSCc1nnc(-c2ccc3occ(-c4cccc(OC(F)(F)F)c4)c3c2)o1. The van der Waals surface area contributed by atoms with Crippen LogP contribution in [-0.2, 0) is 5.75 Å². The van der Waals surface area contributed by atoms with Gasteiger partial charge in [-0.25, -0.2) is 0 Å². The maximum Gasteiger partial charge on any atom is 0.573 e. The third kappa shape index (κ3) is 3.84. The molecule has 0 bridgehead atoms. The highest BCUT2D eigenvalue weighted by atomic mass is 32.2. The van der Waals surface area contributed by atoms with Crippen LogP contribution in [-0.4, -0.2) is 22.8 Å². The Balaban J connectivity index is 1.73. The summed E-state index contributed by atoms with van der Waals surface area (Å²) in [6.45, 7) is 0. The molecule has 2 aromatic carbocycles. The zero-order chi connectivity index (χ0) is 19.7. The van der Waals surface area contributed by atoms with E-state index in [-0.39, 0.29) is 5.75 Å². The van der Waals surface area contributed by atoms with Gasteiger partial charge >= 0.3 is 6.36 Å². The van der Waals surface area contributed by atoms with Crippen molar-refractivity contribution in [1.29, 1.82) is 0 Å². The van der Waals surface area contributed by atoms with Gasteiger partial charge < -0.3 is 13.6 Å². The van der Waals surface area contributed by atoms with E-state index >= 15 is 0 Å². The highest BCUT2D eigenvalue weighted by Gasteiger charge is 2.31. The molecular weight excluding hydrogens is 393 g/mol. The zero-order valence-corrected chi connectivity index (χ0v) is 15.3. The topological polar surface area (TPSA) is 61.3 Å². The van der Waals surface area contributed by atoms with E-state index in [9.17, 15) is 13.2 Å². The summed E-state index contributed by atoms with van der Waals surface area (Å²) in [5.41, 5.74) is 2.45. The first-order chi connectivity index (χ1) is 13.4. The van der Waals surface area contributed by atoms with Crippen molar-refractivity contribution in [1.82, 2.24) is 10.2 Å². The van der Waals surface area contributed by atoms with Gasteiger partial charge in [0.2, 0.25) is 11.8 Å². The number of fused-ring (bicyclic) bond motifs is 1. The Morgan fingerprint density at radius 2 is 1.93 bits per heavy atom. The van der Waals surface area contributed by atoms with E-state index in [1.807, 2.05) is 12.3 Å². The van der Waals surface area contributed by atoms with Gasteiger partial charge in [-0.1, -0.05) is 12.1 Å². The van der Waals surface area contributed by atoms with Gasteiger partial charge in [0.05, 0.1) is 12.0 Å². The lowest BCUT2D eigenvalue weighted by Crippen LogP contribution is -2.17. The van der Waals surface area contributed by atoms with Crippen molar-refractivity contribution in [3.63, 3.8) is 0 Å². The largest absolute Gasteiger partial charge is 0.573 e. The van der Waals surface area contributed by atoms with E-state index < -0.39 is 6.36 Å². The minimum Gasteiger partial charge on any atom is -0.464 e. The standard InChI is InChI=1S/C19H13F3N2O3S/c1-28-10-17-23-24-18(26-17)12-5-6-16-14(8-12)15(9-25-16)11-3-2-4-13(7-11)27-19(20,21)22/h2-9H,10H2,1H3. The molecule has 0 spiro atoms. The first-order valence-corrected chi connectivity index (χ1v) is 9.51. The first kappa shape index (κ1) is 18.4. The fourth-order valence-electron chi connectivity index (χ4n) is 2.80. The highest BCUT2D eigenvalue weighted by molar-refractivity contribution is 7.97. The molecule has 4 rings (SSSR count). The minimum absolute atomic E-state index is 0.297. The van der Waals surface area contributed by atoms with Gasteiger partial charge in [0.25, 0.3) is 0 Å². The molecule has 0 aliphatic carbocycles. The van der Waals surface area contributed by atoms with Crippen molar-refractivity contribution >= 4 is 22.7 Å².